The third-order valence-electron chi connectivity index (χ3n) is 2.76. The standard InChI is InChI=1S/C12H16N2O3S2/c1-7(2)12-13-8(3)10(18-12)11(15)14-9-4-5-19(16,17)6-9/h4-5,7,9H,6H2,1-3H3,(H,14,15)/t9-/m1/s1. The summed E-state index contributed by atoms with van der Waals surface area (Å²) in [6.45, 7) is 5.83. The third-order valence-corrected chi connectivity index (χ3v) is 5.61. The van der Waals surface area contributed by atoms with Crippen LogP contribution in [-0.4, -0.2) is 31.1 Å². The van der Waals surface area contributed by atoms with Crippen LogP contribution < -0.4 is 5.32 Å². The van der Waals surface area contributed by atoms with E-state index in [0.29, 0.717) is 10.6 Å². The number of aryl methyl sites for hydroxylation is 1. The molecule has 1 aliphatic rings. The minimum absolute atomic E-state index is 0.0619. The Morgan fingerprint density at radius 2 is 2.21 bits per heavy atom. The van der Waals surface area contributed by atoms with Crippen LogP contribution in [0.1, 0.15) is 40.1 Å². The van der Waals surface area contributed by atoms with Crippen molar-refractivity contribution in [1.82, 2.24) is 10.3 Å². The lowest BCUT2D eigenvalue weighted by Gasteiger charge is -2.08. The normalized spacial score (nSPS) is 20.9. The number of carbonyl (C=O) groups excluding carboxylic acids is 1. The van der Waals surface area contributed by atoms with Crippen molar-refractivity contribution in [2.24, 2.45) is 0 Å². The molecule has 0 aromatic carbocycles. The smallest absolute Gasteiger partial charge is 0.263 e. The van der Waals surface area contributed by atoms with E-state index in [4.69, 9.17) is 0 Å². The largest absolute Gasteiger partial charge is 0.344 e. The van der Waals surface area contributed by atoms with Gasteiger partial charge in [-0.3, -0.25) is 4.79 Å². The number of thiazole rings is 1. The second-order valence-corrected chi connectivity index (χ2v) is 7.82. The van der Waals surface area contributed by atoms with Gasteiger partial charge < -0.3 is 5.32 Å². The van der Waals surface area contributed by atoms with Gasteiger partial charge in [0, 0.05) is 11.3 Å². The molecule has 1 aliphatic heterocycles. The summed E-state index contributed by atoms with van der Waals surface area (Å²) >= 11 is 1.36. The summed E-state index contributed by atoms with van der Waals surface area (Å²) in [7, 11) is -3.15. The fraction of sp³-hybridized carbons (Fsp3) is 0.500. The molecule has 1 amide bonds. The zero-order valence-electron chi connectivity index (χ0n) is 11.0. The van der Waals surface area contributed by atoms with Crippen molar-refractivity contribution in [3.8, 4) is 0 Å². The first-order valence-electron chi connectivity index (χ1n) is 5.97. The Morgan fingerprint density at radius 3 is 2.68 bits per heavy atom. The van der Waals surface area contributed by atoms with Crippen molar-refractivity contribution >= 4 is 27.1 Å². The molecule has 0 unspecified atom stereocenters. The fourth-order valence-electron chi connectivity index (χ4n) is 1.77. The molecule has 0 aliphatic carbocycles. The molecule has 0 fully saturated rings. The van der Waals surface area contributed by atoms with E-state index in [1.165, 1.54) is 17.4 Å². The minimum atomic E-state index is -3.15. The van der Waals surface area contributed by atoms with Crippen molar-refractivity contribution in [2.75, 3.05) is 5.75 Å². The van der Waals surface area contributed by atoms with Crippen LogP contribution in [0.4, 0.5) is 0 Å². The summed E-state index contributed by atoms with van der Waals surface area (Å²) in [4.78, 5) is 17.0. The lowest BCUT2D eigenvalue weighted by Crippen LogP contribution is -2.35. The number of nitrogens with zero attached hydrogens (tertiary/aromatic N) is 1. The first kappa shape index (κ1) is 14.2. The van der Waals surface area contributed by atoms with Gasteiger partial charge in [-0.05, 0) is 13.0 Å². The predicted octanol–water partition coefficient (Wildman–Crippen LogP) is 1.62. The molecule has 1 atom stereocenters. The van der Waals surface area contributed by atoms with Crippen LogP contribution in [0.2, 0.25) is 0 Å². The monoisotopic (exact) mass is 300 g/mol. The Bertz CT molecular complexity index is 629. The average molecular weight is 300 g/mol. The lowest BCUT2D eigenvalue weighted by molar-refractivity contribution is 0.0951. The minimum Gasteiger partial charge on any atom is -0.344 e. The summed E-state index contributed by atoms with van der Waals surface area (Å²) in [5, 5.41) is 4.77. The highest BCUT2D eigenvalue weighted by atomic mass is 32.2. The van der Waals surface area contributed by atoms with Crippen molar-refractivity contribution in [3.05, 3.63) is 27.1 Å². The number of nitrogens with one attached hydrogen (secondary N) is 1. The Morgan fingerprint density at radius 1 is 1.53 bits per heavy atom. The van der Waals surface area contributed by atoms with E-state index in [0.717, 1.165) is 10.4 Å². The molecule has 2 heterocycles. The van der Waals surface area contributed by atoms with E-state index in [-0.39, 0.29) is 17.6 Å². The van der Waals surface area contributed by atoms with E-state index in [2.05, 4.69) is 10.3 Å². The van der Waals surface area contributed by atoms with Gasteiger partial charge >= 0.3 is 0 Å². The molecule has 1 aromatic heterocycles. The Balaban J connectivity index is 2.11. The van der Waals surface area contributed by atoms with Crippen LogP contribution in [0.3, 0.4) is 0 Å². The van der Waals surface area contributed by atoms with Crippen molar-refractivity contribution in [1.29, 1.82) is 0 Å². The molecule has 104 valence electrons. The first-order chi connectivity index (χ1) is 8.78. The number of hydrogen-bond donors (Lipinski definition) is 1. The van der Waals surface area contributed by atoms with Gasteiger partial charge in [0.05, 0.1) is 22.5 Å². The van der Waals surface area contributed by atoms with E-state index in [1.54, 1.807) is 6.92 Å². The zero-order chi connectivity index (χ0) is 14.2. The molecule has 2 rings (SSSR count). The van der Waals surface area contributed by atoms with Gasteiger partial charge in [-0.2, -0.15) is 0 Å². The number of amides is 1. The lowest BCUT2D eigenvalue weighted by atomic mass is 10.2. The maximum absolute atomic E-state index is 12.1. The maximum atomic E-state index is 12.1. The first-order valence-corrected chi connectivity index (χ1v) is 8.51. The van der Waals surface area contributed by atoms with Gasteiger partial charge in [-0.15, -0.1) is 11.3 Å². The van der Waals surface area contributed by atoms with Gasteiger partial charge in [-0.1, -0.05) is 13.8 Å². The molecule has 1 N–H and O–H groups in total. The molecule has 7 heteroatoms. The number of sulfone groups is 1. The van der Waals surface area contributed by atoms with Crippen LogP contribution in [0, 0.1) is 6.92 Å². The number of hydrogen-bond acceptors (Lipinski definition) is 5. The van der Waals surface area contributed by atoms with Gasteiger partial charge in [0.15, 0.2) is 9.84 Å². The average Bonchev–Trinajstić information content (AvgIpc) is 2.82. The summed E-state index contributed by atoms with van der Waals surface area (Å²) in [6.07, 6.45) is 1.51. The molecule has 0 saturated carbocycles. The van der Waals surface area contributed by atoms with Crippen LogP contribution in [0.25, 0.3) is 0 Å². The quantitative estimate of drug-likeness (QED) is 0.920. The van der Waals surface area contributed by atoms with Gasteiger partial charge in [-0.25, -0.2) is 13.4 Å². The molecule has 0 bridgehead atoms. The molecule has 5 nitrogen and oxygen atoms in total. The SMILES string of the molecule is Cc1nc(C(C)C)sc1C(=O)N[C@@H]1C=CS(=O)(=O)C1. The van der Waals surface area contributed by atoms with E-state index in [1.807, 2.05) is 13.8 Å². The summed E-state index contributed by atoms with van der Waals surface area (Å²) < 4.78 is 22.5. The summed E-state index contributed by atoms with van der Waals surface area (Å²) in [5.74, 6) is -0.0428. The number of carbonyl (C=O) groups is 1. The molecular weight excluding hydrogens is 284 g/mol. The number of aromatic nitrogens is 1. The molecule has 0 spiro atoms. The zero-order valence-corrected chi connectivity index (χ0v) is 12.6. The molecular formula is C12H16N2O3S2. The number of rotatable bonds is 3. The highest BCUT2D eigenvalue weighted by Crippen LogP contribution is 2.24. The summed E-state index contributed by atoms with van der Waals surface area (Å²) in [6, 6.07) is -0.443. The van der Waals surface area contributed by atoms with Crippen molar-refractivity contribution < 1.29 is 13.2 Å². The van der Waals surface area contributed by atoms with Gasteiger partial charge in [0.2, 0.25) is 0 Å². The fourth-order valence-corrected chi connectivity index (χ4v) is 3.98. The highest BCUT2D eigenvalue weighted by molar-refractivity contribution is 7.94. The third kappa shape index (κ3) is 3.22. The van der Waals surface area contributed by atoms with E-state index in [9.17, 15) is 13.2 Å². The van der Waals surface area contributed by atoms with E-state index < -0.39 is 15.9 Å². The Hall–Kier alpha value is -1.21. The second kappa shape index (κ2) is 5.05. The van der Waals surface area contributed by atoms with Crippen LogP contribution in [-0.2, 0) is 9.84 Å². The van der Waals surface area contributed by atoms with Crippen molar-refractivity contribution in [3.63, 3.8) is 0 Å². The van der Waals surface area contributed by atoms with Crippen LogP contribution in [0.5, 0.6) is 0 Å². The molecule has 1 aromatic rings. The van der Waals surface area contributed by atoms with Crippen LogP contribution in [0.15, 0.2) is 11.5 Å². The Kier molecular flexibility index (Phi) is 3.78. The predicted molar refractivity (Wildman–Crippen MR) is 75.1 cm³/mol. The highest BCUT2D eigenvalue weighted by Gasteiger charge is 2.25. The Labute approximate surface area is 116 Å². The van der Waals surface area contributed by atoms with E-state index >= 15 is 0 Å². The van der Waals surface area contributed by atoms with Crippen LogP contribution >= 0.6 is 11.3 Å². The molecule has 19 heavy (non-hydrogen) atoms. The van der Waals surface area contributed by atoms with Crippen molar-refractivity contribution in [2.45, 2.75) is 32.7 Å². The molecule has 0 saturated heterocycles. The second-order valence-electron chi connectivity index (χ2n) is 4.86. The maximum Gasteiger partial charge on any atom is 0.263 e. The summed E-state index contributed by atoms with van der Waals surface area (Å²) in [5.41, 5.74) is 0.691. The van der Waals surface area contributed by atoms with Gasteiger partial charge in [0.1, 0.15) is 4.88 Å². The van der Waals surface area contributed by atoms with Gasteiger partial charge in [0.25, 0.3) is 5.91 Å². The topological polar surface area (TPSA) is 76.1 Å². The molecule has 0 radical (unpaired) electrons.